The summed E-state index contributed by atoms with van der Waals surface area (Å²) in [5.74, 6) is -0.985. The highest BCUT2D eigenvalue weighted by molar-refractivity contribution is 5.92. The lowest BCUT2D eigenvalue weighted by Crippen LogP contribution is -2.70. The Morgan fingerprint density at radius 1 is 1.19 bits per heavy atom. The zero-order valence-corrected chi connectivity index (χ0v) is 21.0. The topological polar surface area (TPSA) is 90.2 Å². The summed E-state index contributed by atoms with van der Waals surface area (Å²) in [6.45, 7) is 6.73. The largest absolute Gasteiger partial charge is 0.458 e. The Morgan fingerprint density at radius 2 is 2.00 bits per heavy atom. The number of carbonyl (C=O) groups is 2. The minimum atomic E-state index is -0.802. The number of hydrogen-bond donors (Lipinski definition) is 0. The molecule has 5 fully saturated rings. The molecule has 7 nitrogen and oxygen atoms in total. The highest BCUT2D eigenvalue weighted by Crippen LogP contribution is 2.83. The van der Waals surface area contributed by atoms with Gasteiger partial charge in [0.15, 0.2) is 11.7 Å². The van der Waals surface area contributed by atoms with Gasteiger partial charge in [0.25, 0.3) is 0 Å². The normalized spacial score (nSPS) is 47.8. The first-order valence-corrected chi connectivity index (χ1v) is 13.3. The summed E-state index contributed by atoms with van der Waals surface area (Å²) in [5.41, 5.74) is -0.224. The van der Waals surface area contributed by atoms with Crippen molar-refractivity contribution >= 4 is 18.0 Å². The molecule has 1 aromatic carbocycles. The first-order chi connectivity index (χ1) is 17.7. The van der Waals surface area contributed by atoms with Crippen molar-refractivity contribution in [2.45, 2.75) is 81.3 Å². The van der Waals surface area contributed by atoms with Gasteiger partial charge in [-0.2, -0.15) is 0 Å². The van der Waals surface area contributed by atoms with Crippen molar-refractivity contribution in [2.24, 2.45) is 17.3 Å². The monoisotopic (exact) mass is 508 g/mol. The van der Waals surface area contributed by atoms with Gasteiger partial charge in [-0.1, -0.05) is 39.0 Å². The number of esters is 2. The van der Waals surface area contributed by atoms with Crippen LogP contribution in [0.15, 0.2) is 41.5 Å². The summed E-state index contributed by atoms with van der Waals surface area (Å²) in [6, 6.07) is 6.28. The van der Waals surface area contributed by atoms with Crippen molar-refractivity contribution in [3.05, 3.63) is 52.9 Å². The van der Waals surface area contributed by atoms with Gasteiger partial charge in [-0.25, -0.2) is 14.0 Å². The SMILES string of the molecule is CC(C)[C@]12O[C@H]1[C@@H]1O[C@]13[C@]1(O[C@H]1C[C@H]1C4=C(CC[C@@]13C)C(=O)OC4)[C@@H]2OC(=O)/C=C/c1ccccc1F. The maximum Gasteiger partial charge on any atom is 0.334 e. The number of carbonyl (C=O) groups excluding carboxylic acids is 2. The van der Waals surface area contributed by atoms with E-state index in [4.69, 9.17) is 23.7 Å². The molecule has 3 aliphatic carbocycles. The van der Waals surface area contributed by atoms with Crippen molar-refractivity contribution in [1.82, 2.24) is 0 Å². The number of epoxide rings is 3. The lowest BCUT2D eigenvalue weighted by molar-refractivity contribution is -0.163. The van der Waals surface area contributed by atoms with E-state index < -0.39 is 34.7 Å². The zero-order chi connectivity index (χ0) is 25.5. The van der Waals surface area contributed by atoms with E-state index in [0.29, 0.717) is 18.6 Å². The molecule has 0 bridgehead atoms. The molecular formula is C29H29FO7. The molecule has 37 heavy (non-hydrogen) atoms. The average Bonchev–Trinajstić information content (AvgIpc) is 3.77. The van der Waals surface area contributed by atoms with Crippen LogP contribution in [0.3, 0.4) is 0 Å². The summed E-state index contributed by atoms with van der Waals surface area (Å²) in [5, 5.41) is 0. The molecule has 0 N–H and O–H groups in total. The van der Waals surface area contributed by atoms with Gasteiger partial charge in [0.2, 0.25) is 0 Å². The van der Waals surface area contributed by atoms with E-state index in [0.717, 1.165) is 24.0 Å². The zero-order valence-electron chi connectivity index (χ0n) is 21.0. The number of fused-ring (bicyclic) bond motifs is 4. The van der Waals surface area contributed by atoms with E-state index in [-0.39, 0.29) is 41.5 Å². The Hall–Kier alpha value is -2.55. The van der Waals surface area contributed by atoms with Crippen molar-refractivity contribution in [3.63, 3.8) is 0 Å². The van der Waals surface area contributed by atoms with Gasteiger partial charge in [0.05, 0.1) is 6.10 Å². The van der Waals surface area contributed by atoms with Gasteiger partial charge < -0.3 is 23.7 Å². The van der Waals surface area contributed by atoms with Crippen LogP contribution in [0.25, 0.3) is 6.08 Å². The maximum absolute atomic E-state index is 14.1. The first kappa shape index (κ1) is 22.4. The average molecular weight is 509 g/mol. The van der Waals surface area contributed by atoms with E-state index in [2.05, 4.69) is 20.8 Å². The minimum absolute atomic E-state index is 0.0688. The van der Waals surface area contributed by atoms with Crippen LogP contribution < -0.4 is 0 Å². The molecule has 0 amide bonds. The lowest BCUT2D eigenvalue weighted by atomic mass is 9.46. The van der Waals surface area contributed by atoms with E-state index in [1.165, 1.54) is 18.2 Å². The van der Waals surface area contributed by atoms with Gasteiger partial charge in [-0.15, -0.1) is 0 Å². The Labute approximate surface area is 213 Å². The summed E-state index contributed by atoms with van der Waals surface area (Å²) in [6.07, 6.45) is 3.70. The number of benzene rings is 1. The molecule has 8 rings (SSSR count). The van der Waals surface area contributed by atoms with Gasteiger partial charge >= 0.3 is 11.9 Å². The molecule has 7 aliphatic rings. The van der Waals surface area contributed by atoms with Crippen LogP contribution in [0.1, 0.15) is 45.6 Å². The van der Waals surface area contributed by atoms with Gasteiger partial charge in [-0.3, -0.25) is 0 Å². The Morgan fingerprint density at radius 3 is 2.78 bits per heavy atom. The second-order valence-corrected chi connectivity index (χ2v) is 12.2. The third-order valence-corrected chi connectivity index (χ3v) is 10.6. The Balaban J connectivity index is 1.17. The summed E-state index contributed by atoms with van der Waals surface area (Å²) in [4.78, 5) is 25.5. The quantitative estimate of drug-likeness (QED) is 0.349. The maximum atomic E-state index is 14.1. The smallest absolute Gasteiger partial charge is 0.334 e. The van der Waals surface area contributed by atoms with Crippen LogP contribution in [0.4, 0.5) is 4.39 Å². The molecule has 2 spiro atoms. The molecule has 4 heterocycles. The van der Waals surface area contributed by atoms with Crippen LogP contribution in [0.5, 0.6) is 0 Å². The fourth-order valence-corrected chi connectivity index (χ4v) is 8.77. The molecular weight excluding hydrogens is 479 g/mol. The number of hydrogen-bond acceptors (Lipinski definition) is 7. The van der Waals surface area contributed by atoms with Gasteiger partial charge in [0, 0.05) is 22.6 Å². The molecule has 9 atom stereocenters. The third-order valence-electron chi connectivity index (χ3n) is 10.6. The lowest BCUT2D eigenvalue weighted by Gasteiger charge is -2.53. The molecule has 4 aliphatic heterocycles. The number of halogens is 1. The van der Waals surface area contributed by atoms with E-state index in [9.17, 15) is 14.0 Å². The number of cyclic esters (lactones) is 1. The number of ether oxygens (including phenoxy) is 5. The Kier molecular flexibility index (Phi) is 4.07. The number of rotatable bonds is 4. The van der Waals surface area contributed by atoms with Crippen LogP contribution in [-0.2, 0) is 33.3 Å². The summed E-state index contributed by atoms with van der Waals surface area (Å²) in [7, 11) is 0. The highest BCUT2D eigenvalue weighted by Gasteiger charge is 3.01. The molecule has 3 saturated heterocycles. The first-order valence-electron chi connectivity index (χ1n) is 13.3. The van der Waals surface area contributed by atoms with Crippen molar-refractivity contribution in [3.8, 4) is 0 Å². The van der Waals surface area contributed by atoms with Crippen LogP contribution in [-0.4, -0.2) is 59.8 Å². The van der Waals surface area contributed by atoms with Crippen LogP contribution in [0, 0.1) is 23.1 Å². The van der Waals surface area contributed by atoms with Crippen molar-refractivity contribution < 1.29 is 37.7 Å². The second-order valence-electron chi connectivity index (χ2n) is 12.2. The molecule has 194 valence electrons. The predicted octanol–water partition coefficient (Wildman–Crippen LogP) is 3.51. The van der Waals surface area contributed by atoms with Gasteiger partial charge in [0.1, 0.15) is 35.8 Å². The molecule has 0 aromatic heterocycles. The standard InChI is InChI=1S/C29H29FO7/c1-14(2)27-22(36-27)23-29(37-23)26(3)11-10-16-17(13-33-24(16)32)18(26)12-20-28(29,35-20)25(27)34-21(31)9-8-15-6-4-5-7-19(15)30/h4-9,14,18,20,22-23,25H,10-13H2,1-3H3/b9-8+/t18-,20-,22-,23-,25+,26-,27-,28+,29+/m0/s1. The van der Waals surface area contributed by atoms with E-state index >= 15 is 0 Å². The van der Waals surface area contributed by atoms with Crippen LogP contribution >= 0.6 is 0 Å². The second kappa shape index (κ2) is 6.71. The fraction of sp³-hybridized carbons (Fsp3) is 0.586. The van der Waals surface area contributed by atoms with Gasteiger partial charge in [-0.05, 0) is 48.8 Å². The Bertz CT molecular complexity index is 1340. The van der Waals surface area contributed by atoms with E-state index in [1.807, 2.05) is 0 Å². The molecule has 0 unspecified atom stereocenters. The van der Waals surface area contributed by atoms with Crippen molar-refractivity contribution in [1.29, 1.82) is 0 Å². The molecule has 0 radical (unpaired) electrons. The predicted molar refractivity (Wildman–Crippen MR) is 126 cm³/mol. The minimum Gasteiger partial charge on any atom is -0.458 e. The molecule has 1 aromatic rings. The fourth-order valence-electron chi connectivity index (χ4n) is 8.77. The van der Waals surface area contributed by atoms with Crippen molar-refractivity contribution in [2.75, 3.05) is 6.61 Å². The van der Waals surface area contributed by atoms with Crippen LogP contribution in [0.2, 0.25) is 0 Å². The third kappa shape index (κ3) is 2.40. The highest BCUT2D eigenvalue weighted by atomic mass is 19.1. The summed E-state index contributed by atoms with van der Waals surface area (Å²) >= 11 is 0. The van der Waals surface area contributed by atoms with E-state index in [1.54, 1.807) is 18.2 Å². The summed E-state index contributed by atoms with van der Waals surface area (Å²) < 4.78 is 45.5. The molecule has 8 heteroatoms. The molecule has 2 saturated carbocycles.